The fourth-order valence-electron chi connectivity index (χ4n) is 2.63. The molecule has 1 fully saturated rings. The third-order valence-electron chi connectivity index (χ3n) is 4.01. The molecule has 0 saturated carbocycles. The number of rotatable bonds is 4. The molecule has 4 rings (SSSR count). The van der Waals surface area contributed by atoms with Crippen LogP contribution in [0.15, 0.2) is 75.0 Å². The average Bonchev–Trinajstić information content (AvgIpc) is 3.30. The van der Waals surface area contributed by atoms with Crippen LogP contribution in [0.25, 0.3) is 17.4 Å². The molecule has 0 spiro atoms. The number of amides is 1. The summed E-state index contributed by atoms with van der Waals surface area (Å²) in [6, 6.07) is 15.8. The van der Waals surface area contributed by atoms with Crippen LogP contribution in [0.4, 0.5) is 16.2 Å². The number of nitrogens with one attached hydrogen (secondary N) is 1. The number of carbonyl (C=O) groups is 1. The van der Waals surface area contributed by atoms with Crippen LogP contribution < -0.4 is 5.32 Å². The third-order valence-corrected chi connectivity index (χ3v) is 4.83. The highest BCUT2D eigenvalue weighted by Crippen LogP contribution is 2.31. The second-order valence-corrected chi connectivity index (χ2v) is 7.02. The molecule has 1 saturated heterocycles. The van der Waals surface area contributed by atoms with Crippen molar-refractivity contribution in [1.29, 1.82) is 0 Å². The third kappa shape index (κ3) is 4.19. The van der Waals surface area contributed by atoms with Crippen molar-refractivity contribution in [2.75, 3.05) is 0 Å². The molecule has 8 nitrogen and oxygen atoms in total. The number of hydrogen-bond acceptors (Lipinski definition) is 7. The summed E-state index contributed by atoms with van der Waals surface area (Å²) in [5.41, 5.74) is 1.29. The van der Waals surface area contributed by atoms with E-state index in [1.54, 1.807) is 42.5 Å². The summed E-state index contributed by atoms with van der Waals surface area (Å²) in [5, 5.41) is 22.6. The first kappa shape index (κ1) is 18.5. The zero-order valence-electron chi connectivity index (χ0n) is 14.7. The van der Waals surface area contributed by atoms with Gasteiger partial charge in [-0.15, -0.1) is 0 Å². The fourth-order valence-corrected chi connectivity index (χ4v) is 3.35. The summed E-state index contributed by atoms with van der Waals surface area (Å²) < 4.78 is 5.79. The highest BCUT2D eigenvalue weighted by molar-refractivity contribution is 8.18. The first-order valence-electron chi connectivity index (χ1n) is 8.41. The summed E-state index contributed by atoms with van der Waals surface area (Å²) in [4.78, 5) is 27.1. The van der Waals surface area contributed by atoms with E-state index in [1.165, 1.54) is 24.3 Å². The first-order valence-corrected chi connectivity index (χ1v) is 9.23. The van der Waals surface area contributed by atoms with E-state index in [4.69, 9.17) is 4.42 Å². The zero-order chi connectivity index (χ0) is 20.4. The number of aromatic hydroxyl groups is 1. The van der Waals surface area contributed by atoms with Crippen LogP contribution in [-0.2, 0) is 0 Å². The Morgan fingerprint density at radius 2 is 1.79 bits per heavy atom. The second kappa shape index (κ2) is 7.64. The van der Waals surface area contributed by atoms with Gasteiger partial charge in [0.05, 0.1) is 15.5 Å². The number of benzene rings is 2. The maximum atomic E-state index is 11.8. The Morgan fingerprint density at radius 1 is 1.07 bits per heavy atom. The van der Waals surface area contributed by atoms with Gasteiger partial charge in [0.2, 0.25) is 0 Å². The lowest BCUT2D eigenvalue weighted by molar-refractivity contribution is -0.384. The molecule has 1 amide bonds. The number of non-ortho nitro benzene ring substituents is 1. The van der Waals surface area contributed by atoms with Crippen molar-refractivity contribution in [2.45, 2.75) is 0 Å². The number of thioether (sulfide) groups is 1. The van der Waals surface area contributed by atoms with Gasteiger partial charge in [-0.2, -0.15) is 0 Å². The Labute approximate surface area is 168 Å². The number of aliphatic imine (C=N–C) groups is 1. The normalized spacial score (nSPS) is 16.3. The topological polar surface area (TPSA) is 118 Å². The highest BCUT2D eigenvalue weighted by atomic mass is 32.2. The van der Waals surface area contributed by atoms with E-state index < -0.39 is 4.92 Å². The van der Waals surface area contributed by atoms with Gasteiger partial charge in [0.1, 0.15) is 23.1 Å². The number of nitrogens with zero attached hydrogens (tertiary/aromatic N) is 2. The number of phenols is 1. The maximum Gasteiger partial charge on any atom is 0.289 e. The summed E-state index contributed by atoms with van der Waals surface area (Å²) >= 11 is 0.997. The Hall–Kier alpha value is -3.85. The first-order chi connectivity index (χ1) is 14.0. The van der Waals surface area contributed by atoms with E-state index >= 15 is 0 Å². The molecule has 1 aliphatic rings. The molecule has 2 heterocycles. The number of nitro benzene ring substituents is 1. The lowest BCUT2D eigenvalue weighted by Crippen LogP contribution is -2.18. The SMILES string of the molecule is O=C1NC(=Nc2ccc(O)cc2)/C(=C/c2ccc(-c3ccc([N+](=O)[O-])cc3)o2)S1. The van der Waals surface area contributed by atoms with Crippen LogP contribution >= 0.6 is 11.8 Å². The van der Waals surface area contributed by atoms with E-state index in [0.29, 0.717) is 33.5 Å². The van der Waals surface area contributed by atoms with E-state index in [-0.39, 0.29) is 16.7 Å². The molecule has 1 aromatic heterocycles. The quantitative estimate of drug-likeness (QED) is 0.459. The molecular weight excluding hydrogens is 394 g/mol. The van der Waals surface area contributed by atoms with Gasteiger partial charge in [-0.1, -0.05) is 0 Å². The average molecular weight is 407 g/mol. The molecule has 0 bridgehead atoms. The maximum absolute atomic E-state index is 11.8. The molecule has 0 radical (unpaired) electrons. The van der Waals surface area contributed by atoms with Crippen molar-refractivity contribution in [3.63, 3.8) is 0 Å². The van der Waals surface area contributed by atoms with E-state index in [9.17, 15) is 20.0 Å². The largest absolute Gasteiger partial charge is 0.508 e. The van der Waals surface area contributed by atoms with Crippen molar-refractivity contribution in [1.82, 2.24) is 5.32 Å². The molecule has 29 heavy (non-hydrogen) atoms. The lowest BCUT2D eigenvalue weighted by Gasteiger charge is -2.00. The number of amidine groups is 1. The van der Waals surface area contributed by atoms with Gasteiger partial charge in [0.15, 0.2) is 0 Å². The molecular formula is C20H13N3O5S. The van der Waals surface area contributed by atoms with Crippen LogP contribution in [0, 0.1) is 10.1 Å². The highest BCUT2D eigenvalue weighted by Gasteiger charge is 2.24. The molecule has 2 N–H and O–H groups in total. The number of nitro groups is 1. The van der Waals surface area contributed by atoms with E-state index in [2.05, 4.69) is 10.3 Å². The molecule has 144 valence electrons. The molecule has 1 aliphatic heterocycles. The van der Waals surface area contributed by atoms with Crippen molar-refractivity contribution in [3.8, 4) is 17.1 Å². The van der Waals surface area contributed by atoms with Crippen molar-refractivity contribution in [3.05, 3.63) is 81.4 Å². The standard InChI is InChI=1S/C20H13N3O5S/c24-15-7-3-13(4-8-15)21-19-18(29-20(25)22-19)11-16-9-10-17(28-16)12-1-5-14(6-2-12)23(26)27/h1-11,24H,(H,21,22,25)/b18-11-. The molecule has 0 unspecified atom stereocenters. The van der Waals surface area contributed by atoms with Gasteiger partial charge in [-0.3, -0.25) is 14.9 Å². The van der Waals surface area contributed by atoms with E-state index in [0.717, 1.165) is 11.8 Å². The summed E-state index contributed by atoms with van der Waals surface area (Å²) in [6.45, 7) is 0. The summed E-state index contributed by atoms with van der Waals surface area (Å²) in [5.74, 6) is 1.57. The minimum absolute atomic E-state index is 0.00433. The Balaban J connectivity index is 1.60. The van der Waals surface area contributed by atoms with Gasteiger partial charge in [0.25, 0.3) is 10.9 Å². The van der Waals surface area contributed by atoms with Crippen LogP contribution in [0.2, 0.25) is 0 Å². The molecule has 2 aromatic carbocycles. The minimum Gasteiger partial charge on any atom is -0.508 e. The number of carbonyl (C=O) groups excluding carboxylic acids is 1. The number of furan rings is 1. The second-order valence-electron chi connectivity index (χ2n) is 6.01. The van der Waals surface area contributed by atoms with Gasteiger partial charge in [-0.25, -0.2) is 4.99 Å². The van der Waals surface area contributed by atoms with E-state index in [1.807, 2.05) is 0 Å². The van der Waals surface area contributed by atoms with Gasteiger partial charge >= 0.3 is 0 Å². The van der Waals surface area contributed by atoms with Gasteiger partial charge in [-0.05, 0) is 66.4 Å². The predicted octanol–water partition coefficient (Wildman–Crippen LogP) is 5.09. The summed E-state index contributed by atoms with van der Waals surface area (Å²) in [7, 11) is 0. The van der Waals surface area contributed by atoms with Crippen molar-refractivity contribution >= 4 is 40.3 Å². The smallest absolute Gasteiger partial charge is 0.289 e. The number of phenolic OH excluding ortho intramolecular Hbond substituents is 1. The fraction of sp³-hybridized carbons (Fsp3) is 0. The van der Waals surface area contributed by atoms with Crippen LogP contribution in [-0.4, -0.2) is 21.1 Å². The van der Waals surface area contributed by atoms with Gasteiger partial charge in [0, 0.05) is 17.7 Å². The minimum atomic E-state index is -0.460. The van der Waals surface area contributed by atoms with Gasteiger partial charge < -0.3 is 14.8 Å². The Kier molecular flexibility index (Phi) is 4.88. The monoisotopic (exact) mass is 407 g/mol. The van der Waals surface area contributed by atoms with Crippen LogP contribution in [0.1, 0.15) is 5.76 Å². The van der Waals surface area contributed by atoms with Crippen molar-refractivity contribution in [2.24, 2.45) is 4.99 Å². The lowest BCUT2D eigenvalue weighted by atomic mass is 10.1. The molecule has 0 aliphatic carbocycles. The molecule has 3 aromatic rings. The molecule has 9 heteroatoms. The Bertz CT molecular complexity index is 1150. The Morgan fingerprint density at radius 3 is 2.48 bits per heavy atom. The van der Waals surface area contributed by atoms with Crippen LogP contribution in [0.3, 0.4) is 0 Å². The zero-order valence-corrected chi connectivity index (χ0v) is 15.6. The molecule has 0 atom stereocenters. The van der Waals surface area contributed by atoms with Crippen molar-refractivity contribution < 1.29 is 19.2 Å². The number of hydrogen-bond donors (Lipinski definition) is 2. The predicted molar refractivity (Wildman–Crippen MR) is 110 cm³/mol. The summed E-state index contributed by atoms with van der Waals surface area (Å²) in [6.07, 6.45) is 1.69. The van der Waals surface area contributed by atoms with Crippen LogP contribution in [0.5, 0.6) is 5.75 Å².